The number of rotatable bonds is 5. The SMILES string of the molecule is CCOc1ccc([C@@H]2SCC(=O)Nc3c2c(=O)[nH]n3[C@H](C)CC)cc1. The molecule has 1 aliphatic rings. The highest BCUT2D eigenvalue weighted by Crippen LogP contribution is 2.40. The van der Waals surface area contributed by atoms with Crippen molar-refractivity contribution in [1.82, 2.24) is 9.78 Å². The summed E-state index contributed by atoms with van der Waals surface area (Å²) >= 11 is 1.47. The molecule has 0 radical (unpaired) electrons. The number of amides is 1. The molecule has 2 heterocycles. The molecule has 0 aliphatic carbocycles. The molecule has 134 valence electrons. The Kier molecular flexibility index (Phi) is 5.22. The highest BCUT2D eigenvalue weighted by Gasteiger charge is 2.31. The van der Waals surface area contributed by atoms with Gasteiger partial charge in [0, 0.05) is 6.04 Å². The fourth-order valence-electron chi connectivity index (χ4n) is 2.93. The summed E-state index contributed by atoms with van der Waals surface area (Å²) in [5.74, 6) is 1.61. The van der Waals surface area contributed by atoms with Crippen LogP contribution in [-0.2, 0) is 4.79 Å². The lowest BCUT2D eigenvalue weighted by atomic mass is 10.1. The summed E-state index contributed by atoms with van der Waals surface area (Å²) in [6, 6.07) is 7.82. The van der Waals surface area contributed by atoms with Crippen molar-refractivity contribution >= 4 is 23.5 Å². The number of benzene rings is 1. The number of fused-ring (bicyclic) bond motifs is 1. The van der Waals surface area contributed by atoms with E-state index in [4.69, 9.17) is 4.74 Å². The van der Waals surface area contributed by atoms with Crippen LogP contribution in [0.25, 0.3) is 0 Å². The van der Waals surface area contributed by atoms with E-state index in [1.807, 2.05) is 45.0 Å². The van der Waals surface area contributed by atoms with E-state index in [9.17, 15) is 9.59 Å². The number of aromatic amines is 1. The molecule has 2 atom stereocenters. The van der Waals surface area contributed by atoms with Crippen LogP contribution < -0.4 is 15.6 Å². The van der Waals surface area contributed by atoms with Gasteiger partial charge in [-0.1, -0.05) is 19.1 Å². The Bertz CT molecular complexity index is 810. The van der Waals surface area contributed by atoms with Crippen molar-refractivity contribution < 1.29 is 9.53 Å². The van der Waals surface area contributed by atoms with Crippen LogP contribution in [0.2, 0.25) is 0 Å². The first kappa shape index (κ1) is 17.7. The normalized spacial score (nSPS) is 18.2. The highest BCUT2D eigenvalue weighted by molar-refractivity contribution is 8.00. The minimum atomic E-state index is -0.196. The molecule has 25 heavy (non-hydrogen) atoms. The maximum atomic E-state index is 12.7. The van der Waals surface area contributed by atoms with Crippen molar-refractivity contribution in [3.8, 4) is 5.75 Å². The summed E-state index contributed by atoms with van der Waals surface area (Å²) in [6.45, 7) is 6.62. The molecule has 1 aromatic carbocycles. The van der Waals surface area contributed by atoms with Crippen LogP contribution in [0.4, 0.5) is 5.82 Å². The van der Waals surface area contributed by atoms with Gasteiger partial charge < -0.3 is 10.1 Å². The molecule has 1 amide bonds. The molecule has 2 N–H and O–H groups in total. The average Bonchev–Trinajstić information content (AvgIpc) is 2.82. The number of thioether (sulfide) groups is 1. The van der Waals surface area contributed by atoms with E-state index in [2.05, 4.69) is 10.4 Å². The van der Waals surface area contributed by atoms with Gasteiger partial charge in [-0.15, -0.1) is 11.8 Å². The molecule has 0 saturated carbocycles. The molecule has 0 saturated heterocycles. The van der Waals surface area contributed by atoms with E-state index in [0.717, 1.165) is 17.7 Å². The topological polar surface area (TPSA) is 76.1 Å². The number of carbonyl (C=O) groups excluding carboxylic acids is 1. The second-order valence-corrected chi connectivity index (χ2v) is 7.17. The maximum Gasteiger partial charge on any atom is 0.270 e. The number of nitrogens with one attached hydrogen (secondary N) is 2. The van der Waals surface area contributed by atoms with Gasteiger partial charge in [0.15, 0.2) is 0 Å². The third kappa shape index (κ3) is 3.46. The lowest BCUT2D eigenvalue weighted by molar-refractivity contribution is -0.113. The quantitative estimate of drug-likeness (QED) is 0.856. The molecule has 0 spiro atoms. The zero-order valence-electron chi connectivity index (χ0n) is 14.7. The van der Waals surface area contributed by atoms with Crippen molar-refractivity contribution in [1.29, 1.82) is 0 Å². The number of carbonyl (C=O) groups is 1. The van der Waals surface area contributed by atoms with Gasteiger partial charge >= 0.3 is 0 Å². The van der Waals surface area contributed by atoms with Gasteiger partial charge in [-0.2, -0.15) is 0 Å². The molecule has 1 aromatic heterocycles. The van der Waals surface area contributed by atoms with Crippen molar-refractivity contribution in [2.24, 2.45) is 0 Å². The van der Waals surface area contributed by atoms with Gasteiger partial charge in [0.25, 0.3) is 5.56 Å². The zero-order valence-corrected chi connectivity index (χ0v) is 15.5. The van der Waals surface area contributed by atoms with Crippen LogP contribution in [0, 0.1) is 0 Å². The number of hydrogen-bond donors (Lipinski definition) is 2. The standard InChI is InChI=1S/C18H23N3O3S/c1-4-11(3)21-17-15(18(23)20-21)16(25-10-14(22)19-17)12-6-8-13(9-7-12)24-5-2/h6-9,11,16H,4-5,10H2,1-3H3,(H,19,22)(H,20,23)/t11-,16+/m1/s1. The fourth-order valence-corrected chi connectivity index (χ4v) is 4.05. The summed E-state index contributed by atoms with van der Waals surface area (Å²) in [6.07, 6.45) is 0.855. The summed E-state index contributed by atoms with van der Waals surface area (Å²) in [5, 5.41) is 5.60. The maximum absolute atomic E-state index is 12.7. The van der Waals surface area contributed by atoms with E-state index in [1.165, 1.54) is 11.8 Å². The first-order valence-corrected chi connectivity index (χ1v) is 9.58. The summed E-state index contributed by atoms with van der Waals surface area (Å²) in [4.78, 5) is 24.8. The third-order valence-electron chi connectivity index (χ3n) is 4.39. The Hall–Kier alpha value is -2.15. The Balaban J connectivity index is 2.06. The third-order valence-corrected chi connectivity index (χ3v) is 5.66. The number of ether oxygens (including phenoxy) is 1. The van der Waals surface area contributed by atoms with E-state index in [-0.39, 0.29) is 22.8 Å². The molecular formula is C18H23N3O3S. The van der Waals surface area contributed by atoms with Gasteiger partial charge in [0.05, 0.1) is 23.2 Å². The molecule has 3 rings (SSSR count). The van der Waals surface area contributed by atoms with Crippen LogP contribution in [-0.4, -0.2) is 28.0 Å². The van der Waals surface area contributed by atoms with Crippen LogP contribution in [0.3, 0.4) is 0 Å². The molecular weight excluding hydrogens is 338 g/mol. The smallest absolute Gasteiger partial charge is 0.270 e. The average molecular weight is 361 g/mol. The predicted octanol–water partition coefficient (Wildman–Crippen LogP) is 3.32. The first-order valence-electron chi connectivity index (χ1n) is 8.53. The number of H-pyrrole nitrogens is 1. The lowest BCUT2D eigenvalue weighted by Crippen LogP contribution is -2.18. The van der Waals surface area contributed by atoms with E-state index in [1.54, 1.807) is 4.68 Å². The van der Waals surface area contributed by atoms with Crippen LogP contribution >= 0.6 is 11.8 Å². The predicted molar refractivity (Wildman–Crippen MR) is 101 cm³/mol. The monoisotopic (exact) mass is 361 g/mol. The summed E-state index contributed by atoms with van der Waals surface area (Å²) in [5.41, 5.74) is 1.45. The second kappa shape index (κ2) is 7.39. The second-order valence-electron chi connectivity index (χ2n) is 6.07. The van der Waals surface area contributed by atoms with Crippen LogP contribution in [0.5, 0.6) is 5.75 Å². The molecule has 0 bridgehead atoms. The highest BCUT2D eigenvalue weighted by atomic mass is 32.2. The summed E-state index contributed by atoms with van der Waals surface area (Å²) in [7, 11) is 0. The van der Waals surface area contributed by atoms with Gasteiger partial charge in [-0.05, 0) is 38.0 Å². The van der Waals surface area contributed by atoms with E-state index in [0.29, 0.717) is 23.7 Å². The van der Waals surface area contributed by atoms with Gasteiger partial charge in [0.2, 0.25) is 5.91 Å². The van der Waals surface area contributed by atoms with Crippen molar-refractivity contribution in [2.45, 2.75) is 38.5 Å². The van der Waals surface area contributed by atoms with Crippen molar-refractivity contribution in [3.63, 3.8) is 0 Å². The molecule has 1 aliphatic heterocycles. The van der Waals surface area contributed by atoms with Crippen LogP contribution in [0.1, 0.15) is 49.6 Å². The number of hydrogen-bond acceptors (Lipinski definition) is 4. The zero-order chi connectivity index (χ0) is 18.0. The first-order chi connectivity index (χ1) is 12.0. The number of anilines is 1. The van der Waals surface area contributed by atoms with Gasteiger partial charge in [-0.25, -0.2) is 0 Å². The molecule has 2 aromatic rings. The van der Waals surface area contributed by atoms with E-state index < -0.39 is 0 Å². The van der Waals surface area contributed by atoms with Gasteiger partial charge in [0.1, 0.15) is 11.6 Å². The van der Waals surface area contributed by atoms with Crippen LogP contribution in [0.15, 0.2) is 29.1 Å². The fraction of sp³-hybridized carbons (Fsp3) is 0.444. The minimum Gasteiger partial charge on any atom is -0.494 e. The number of nitrogens with zero attached hydrogens (tertiary/aromatic N) is 1. The minimum absolute atomic E-state index is 0.0873. The van der Waals surface area contributed by atoms with E-state index >= 15 is 0 Å². The van der Waals surface area contributed by atoms with Crippen molar-refractivity contribution in [3.05, 3.63) is 45.7 Å². The number of aromatic nitrogens is 2. The molecule has 6 nitrogen and oxygen atoms in total. The summed E-state index contributed by atoms with van der Waals surface area (Å²) < 4.78 is 7.27. The molecule has 0 unspecified atom stereocenters. The molecule has 0 fully saturated rings. The molecule has 7 heteroatoms. The Morgan fingerprint density at radius 3 is 2.64 bits per heavy atom. The Morgan fingerprint density at radius 2 is 2.00 bits per heavy atom. The Morgan fingerprint density at radius 1 is 1.28 bits per heavy atom. The Labute approximate surface area is 150 Å². The lowest BCUT2D eigenvalue weighted by Gasteiger charge is -2.16. The van der Waals surface area contributed by atoms with Gasteiger partial charge in [-0.3, -0.25) is 19.4 Å². The van der Waals surface area contributed by atoms with Crippen molar-refractivity contribution in [2.75, 3.05) is 17.7 Å². The largest absolute Gasteiger partial charge is 0.494 e.